The predicted molar refractivity (Wildman–Crippen MR) is 104 cm³/mol. The first-order valence-electron chi connectivity index (χ1n) is 8.53. The van der Waals surface area contributed by atoms with E-state index in [4.69, 9.17) is 21.1 Å². The molecule has 1 aliphatic rings. The molecule has 3 rings (SSSR count). The molecular formula is C21H22ClNO3. The molecule has 1 heterocycles. The van der Waals surface area contributed by atoms with Crippen molar-refractivity contribution in [3.05, 3.63) is 64.2 Å². The Morgan fingerprint density at radius 2 is 1.88 bits per heavy atom. The van der Waals surface area contributed by atoms with Crippen LogP contribution in [0.3, 0.4) is 0 Å². The van der Waals surface area contributed by atoms with Gasteiger partial charge in [-0.2, -0.15) is 0 Å². The molecule has 1 saturated heterocycles. The maximum absolute atomic E-state index is 12.4. The summed E-state index contributed by atoms with van der Waals surface area (Å²) in [5.41, 5.74) is 2.76. The van der Waals surface area contributed by atoms with Gasteiger partial charge in [0.15, 0.2) is 17.3 Å². The van der Waals surface area contributed by atoms with Crippen molar-refractivity contribution in [1.29, 1.82) is 0 Å². The fourth-order valence-electron chi connectivity index (χ4n) is 3.13. The molecule has 0 saturated carbocycles. The molecular weight excluding hydrogens is 350 g/mol. The second-order valence-electron chi connectivity index (χ2n) is 6.24. The number of rotatable bonds is 5. The number of carbonyl (C=O) groups excluding carboxylic acids is 1. The van der Waals surface area contributed by atoms with Crippen LogP contribution in [0.15, 0.2) is 48.0 Å². The second-order valence-corrected chi connectivity index (χ2v) is 6.62. The number of benzene rings is 2. The van der Waals surface area contributed by atoms with Crippen molar-refractivity contribution in [3.63, 3.8) is 0 Å². The average Bonchev–Trinajstić information content (AvgIpc) is 2.66. The van der Waals surface area contributed by atoms with Crippen molar-refractivity contribution in [1.82, 2.24) is 4.90 Å². The quantitative estimate of drug-likeness (QED) is 0.738. The van der Waals surface area contributed by atoms with E-state index in [1.165, 1.54) is 5.56 Å². The standard InChI is InChI=1S/C21H22ClNO3/c1-25-19-9-8-16(20(22)21(19)26-2)12-17-14-23(11-10-18(17)24)13-15-6-4-3-5-7-15/h3-9,12H,10-11,13-14H2,1-2H3/b17-12+. The summed E-state index contributed by atoms with van der Waals surface area (Å²) in [4.78, 5) is 14.7. The van der Waals surface area contributed by atoms with Crippen LogP contribution in [-0.2, 0) is 11.3 Å². The third-order valence-corrected chi connectivity index (χ3v) is 4.89. The molecule has 0 bridgehead atoms. The Balaban J connectivity index is 1.84. The molecule has 26 heavy (non-hydrogen) atoms. The maximum atomic E-state index is 12.4. The lowest BCUT2D eigenvalue weighted by Gasteiger charge is -2.28. The summed E-state index contributed by atoms with van der Waals surface area (Å²) in [6.07, 6.45) is 2.38. The number of hydrogen-bond donors (Lipinski definition) is 0. The molecule has 0 aromatic heterocycles. The lowest BCUT2D eigenvalue weighted by Crippen LogP contribution is -2.35. The Bertz CT molecular complexity index is 818. The molecule has 2 aromatic rings. The minimum Gasteiger partial charge on any atom is -0.493 e. The van der Waals surface area contributed by atoms with Gasteiger partial charge in [0.25, 0.3) is 0 Å². The molecule has 0 unspecified atom stereocenters. The molecule has 5 heteroatoms. The third kappa shape index (κ3) is 4.09. The van der Waals surface area contributed by atoms with Crippen molar-refractivity contribution < 1.29 is 14.3 Å². The zero-order valence-electron chi connectivity index (χ0n) is 15.0. The van der Waals surface area contributed by atoms with E-state index in [9.17, 15) is 4.79 Å². The Hall–Kier alpha value is -2.30. The van der Waals surface area contributed by atoms with E-state index in [1.807, 2.05) is 30.3 Å². The van der Waals surface area contributed by atoms with E-state index in [-0.39, 0.29) is 5.78 Å². The van der Waals surface area contributed by atoms with Crippen molar-refractivity contribution >= 4 is 23.5 Å². The lowest BCUT2D eigenvalue weighted by molar-refractivity contribution is -0.117. The maximum Gasteiger partial charge on any atom is 0.179 e. The van der Waals surface area contributed by atoms with E-state index in [0.29, 0.717) is 29.5 Å². The fraction of sp³-hybridized carbons (Fsp3) is 0.286. The second kappa shape index (κ2) is 8.39. The van der Waals surface area contributed by atoms with Gasteiger partial charge < -0.3 is 9.47 Å². The van der Waals surface area contributed by atoms with Crippen molar-refractivity contribution in [2.24, 2.45) is 0 Å². The number of ketones is 1. The van der Waals surface area contributed by atoms with Gasteiger partial charge in [-0.25, -0.2) is 0 Å². The smallest absolute Gasteiger partial charge is 0.179 e. The van der Waals surface area contributed by atoms with Crippen LogP contribution in [-0.4, -0.2) is 38.0 Å². The number of likely N-dealkylation sites (tertiary alicyclic amines) is 1. The van der Waals surface area contributed by atoms with Gasteiger partial charge in [-0.3, -0.25) is 9.69 Å². The number of methoxy groups -OCH3 is 2. The first kappa shape index (κ1) is 18.5. The van der Waals surface area contributed by atoms with Gasteiger partial charge in [-0.1, -0.05) is 41.9 Å². The van der Waals surface area contributed by atoms with Crippen LogP contribution < -0.4 is 9.47 Å². The highest BCUT2D eigenvalue weighted by atomic mass is 35.5. The number of ether oxygens (including phenoxy) is 2. The molecule has 4 nitrogen and oxygen atoms in total. The number of piperidine rings is 1. The van der Waals surface area contributed by atoms with E-state index < -0.39 is 0 Å². The summed E-state index contributed by atoms with van der Waals surface area (Å²) in [5.74, 6) is 1.22. The highest BCUT2D eigenvalue weighted by Crippen LogP contribution is 2.38. The van der Waals surface area contributed by atoms with Crippen LogP contribution in [0.25, 0.3) is 6.08 Å². The molecule has 0 spiro atoms. The first-order chi connectivity index (χ1) is 12.6. The van der Waals surface area contributed by atoms with E-state index in [1.54, 1.807) is 20.3 Å². The number of Topliss-reactive ketones (excluding diaryl/α,β-unsaturated/α-hetero) is 1. The first-order valence-corrected chi connectivity index (χ1v) is 8.90. The summed E-state index contributed by atoms with van der Waals surface area (Å²) in [5, 5.41) is 0.451. The highest BCUT2D eigenvalue weighted by Gasteiger charge is 2.22. The molecule has 0 aliphatic carbocycles. The number of nitrogens with zero attached hydrogens (tertiary/aromatic N) is 1. The highest BCUT2D eigenvalue weighted by molar-refractivity contribution is 6.34. The molecule has 0 N–H and O–H groups in total. The summed E-state index contributed by atoms with van der Waals surface area (Å²) in [6.45, 7) is 2.20. The van der Waals surface area contributed by atoms with E-state index in [0.717, 1.165) is 24.2 Å². The molecule has 0 amide bonds. The van der Waals surface area contributed by atoms with Gasteiger partial charge >= 0.3 is 0 Å². The average molecular weight is 372 g/mol. The topological polar surface area (TPSA) is 38.8 Å². The third-order valence-electron chi connectivity index (χ3n) is 4.50. The van der Waals surface area contributed by atoms with Crippen LogP contribution >= 0.6 is 11.6 Å². The number of halogens is 1. The molecule has 0 atom stereocenters. The van der Waals surface area contributed by atoms with Gasteiger partial charge in [-0.15, -0.1) is 0 Å². The molecule has 0 radical (unpaired) electrons. The summed E-state index contributed by atoms with van der Waals surface area (Å²) >= 11 is 6.45. The van der Waals surface area contributed by atoms with Crippen LogP contribution in [0.4, 0.5) is 0 Å². The van der Waals surface area contributed by atoms with E-state index >= 15 is 0 Å². The summed E-state index contributed by atoms with van der Waals surface area (Å²) in [6, 6.07) is 13.9. The van der Waals surface area contributed by atoms with Crippen molar-refractivity contribution in [2.45, 2.75) is 13.0 Å². The SMILES string of the molecule is COc1ccc(/C=C2\CN(Cc3ccccc3)CCC2=O)c(Cl)c1OC. The molecule has 1 fully saturated rings. The lowest BCUT2D eigenvalue weighted by atomic mass is 9.99. The largest absolute Gasteiger partial charge is 0.493 e. The van der Waals surface area contributed by atoms with Gasteiger partial charge in [0.1, 0.15) is 0 Å². The van der Waals surface area contributed by atoms with Crippen LogP contribution in [0, 0.1) is 0 Å². The minimum atomic E-state index is 0.167. The molecule has 2 aromatic carbocycles. The van der Waals surface area contributed by atoms with E-state index in [2.05, 4.69) is 17.0 Å². The Morgan fingerprint density at radius 3 is 2.58 bits per heavy atom. The van der Waals surface area contributed by atoms with Crippen LogP contribution in [0.5, 0.6) is 11.5 Å². The van der Waals surface area contributed by atoms with Gasteiger partial charge in [0.2, 0.25) is 0 Å². The Morgan fingerprint density at radius 1 is 1.12 bits per heavy atom. The number of hydrogen-bond acceptors (Lipinski definition) is 4. The van der Waals surface area contributed by atoms with Crippen molar-refractivity contribution in [2.75, 3.05) is 27.3 Å². The van der Waals surface area contributed by atoms with Crippen LogP contribution in [0.2, 0.25) is 5.02 Å². The van der Waals surface area contributed by atoms with Gasteiger partial charge in [0.05, 0.1) is 19.2 Å². The normalized spacial score (nSPS) is 16.7. The molecule has 136 valence electrons. The van der Waals surface area contributed by atoms with Crippen LogP contribution in [0.1, 0.15) is 17.5 Å². The van der Waals surface area contributed by atoms with Gasteiger partial charge in [0, 0.05) is 31.6 Å². The van der Waals surface area contributed by atoms with Crippen molar-refractivity contribution in [3.8, 4) is 11.5 Å². The minimum absolute atomic E-state index is 0.167. The Kier molecular flexibility index (Phi) is 5.96. The van der Waals surface area contributed by atoms with Gasteiger partial charge in [-0.05, 0) is 29.3 Å². The molecule has 1 aliphatic heterocycles. The zero-order valence-corrected chi connectivity index (χ0v) is 15.8. The predicted octanol–water partition coefficient (Wildman–Crippen LogP) is 4.22. The number of carbonyl (C=O) groups is 1. The monoisotopic (exact) mass is 371 g/mol. The summed E-state index contributed by atoms with van der Waals surface area (Å²) in [7, 11) is 3.12. The summed E-state index contributed by atoms with van der Waals surface area (Å²) < 4.78 is 10.6. The Labute approximate surface area is 159 Å². The zero-order chi connectivity index (χ0) is 18.5. The fourth-order valence-corrected chi connectivity index (χ4v) is 3.42.